The molecule has 5 nitrogen and oxygen atoms in total. The predicted octanol–water partition coefficient (Wildman–Crippen LogP) is 0.538. The third-order valence-corrected chi connectivity index (χ3v) is 2.92. The summed E-state index contributed by atoms with van der Waals surface area (Å²) in [5.41, 5.74) is -0.941. The van der Waals surface area contributed by atoms with Crippen LogP contribution >= 0.6 is 0 Å². The van der Waals surface area contributed by atoms with E-state index in [1.165, 1.54) is 0 Å². The molecular weight excluding hydrogens is 208 g/mol. The monoisotopic (exact) mass is 226 g/mol. The molecule has 1 spiro atoms. The van der Waals surface area contributed by atoms with Crippen LogP contribution < -0.4 is 5.32 Å². The number of nitrogens with zero attached hydrogens (tertiary/aromatic N) is 1. The fourth-order valence-electron chi connectivity index (χ4n) is 2.10. The Morgan fingerprint density at radius 1 is 1.44 bits per heavy atom. The molecular formula is C11H18N2O3. The van der Waals surface area contributed by atoms with Gasteiger partial charge in [0.2, 0.25) is 0 Å². The van der Waals surface area contributed by atoms with Gasteiger partial charge in [0.15, 0.2) is 5.78 Å². The Balaban J connectivity index is 1.88. The van der Waals surface area contributed by atoms with Gasteiger partial charge in [-0.2, -0.15) is 0 Å². The van der Waals surface area contributed by atoms with Crippen LogP contribution in [0.5, 0.6) is 0 Å². The van der Waals surface area contributed by atoms with Crippen LogP contribution in [0, 0.1) is 0 Å². The number of carbonyl (C=O) groups excluding carboxylic acids is 2. The molecule has 1 N–H and O–H groups in total. The first-order valence-electron chi connectivity index (χ1n) is 5.59. The third-order valence-electron chi connectivity index (χ3n) is 2.92. The van der Waals surface area contributed by atoms with Crippen LogP contribution in [0.15, 0.2) is 0 Å². The van der Waals surface area contributed by atoms with E-state index in [4.69, 9.17) is 4.74 Å². The zero-order valence-electron chi connectivity index (χ0n) is 10.0. The minimum absolute atomic E-state index is 0.215. The SMILES string of the molecule is CC(C)(C)OC(=O)N1CC2(C1)NCCC2=O. The second kappa shape index (κ2) is 3.45. The Bertz CT molecular complexity index is 327. The van der Waals surface area contributed by atoms with E-state index in [9.17, 15) is 9.59 Å². The first-order chi connectivity index (χ1) is 7.32. The van der Waals surface area contributed by atoms with E-state index in [0.29, 0.717) is 19.5 Å². The predicted molar refractivity (Wildman–Crippen MR) is 58.2 cm³/mol. The molecule has 90 valence electrons. The molecule has 0 aromatic heterocycles. The van der Waals surface area contributed by atoms with Crippen LogP contribution in [0.3, 0.4) is 0 Å². The Hall–Kier alpha value is -1.10. The molecule has 2 saturated heterocycles. The first-order valence-corrected chi connectivity index (χ1v) is 5.59. The van der Waals surface area contributed by atoms with Crippen LogP contribution in [0.4, 0.5) is 4.79 Å². The van der Waals surface area contributed by atoms with Crippen molar-refractivity contribution in [2.24, 2.45) is 0 Å². The van der Waals surface area contributed by atoms with E-state index in [0.717, 1.165) is 6.54 Å². The standard InChI is InChI=1S/C11H18N2O3/c1-10(2,3)16-9(15)13-6-11(7-13)8(14)4-5-12-11/h12H,4-7H2,1-3H3. The van der Waals surface area contributed by atoms with Gasteiger partial charge >= 0.3 is 6.09 Å². The summed E-state index contributed by atoms with van der Waals surface area (Å²) in [6, 6.07) is 0. The third kappa shape index (κ3) is 1.91. The van der Waals surface area contributed by atoms with Crippen molar-refractivity contribution in [3.05, 3.63) is 0 Å². The number of ketones is 1. The lowest BCUT2D eigenvalue weighted by molar-refractivity contribution is -0.127. The molecule has 2 aliphatic heterocycles. The number of amides is 1. The summed E-state index contributed by atoms with van der Waals surface area (Å²) < 4.78 is 5.23. The van der Waals surface area contributed by atoms with Gasteiger partial charge in [-0.3, -0.25) is 4.79 Å². The zero-order valence-corrected chi connectivity index (χ0v) is 10.0. The lowest BCUT2D eigenvalue weighted by atomic mass is 9.87. The Kier molecular flexibility index (Phi) is 2.45. The summed E-state index contributed by atoms with van der Waals surface area (Å²) in [6.45, 7) is 7.11. The average molecular weight is 226 g/mol. The summed E-state index contributed by atoms with van der Waals surface area (Å²) in [5.74, 6) is 0.215. The summed E-state index contributed by atoms with van der Waals surface area (Å²) in [6.07, 6.45) is 0.238. The van der Waals surface area contributed by atoms with Crippen LogP contribution in [0.2, 0.25) is 0 Å². The summed E-state index contributed by atoms with van der Waals surface area (Å²) in [5, 5.41) is 3.17. The fourth-order valence-corrected chi connectivity index (χ4v) is 2.10. The van der Waals surface area contributed by atoms with E-state index in [1.807, 2.05) is 20.8 Å². The lowest BCUT2D eigenvalue weighted by Gasteiger charge is -2.46. The zero-order chi connectivity index (χ0) is 12.0. The van der Waals surface area contributed by atoms with E-state index in [-0.39, 0.29) is 11.9 Å². The number of ether oxygens (including phenoxy) is 1. The van der Waals surface area contributed by atoms with Gasteiger partial charge in [-0.05, 0) is 20.8 Å². The molecule has 2 rings (SSSR count). The summed E-state index contributed by atoms with van der Waals surface area (Å²) >= 11 is 0. The van der Waals surface area contributed by atoms with Gasteiger partial charge in [0.05, 0.1) is 13.1 Å². The van der Waals surface area contributed by atoms with Crippen LogP contribution in [-0.2, 0) is 9.53 Å². The highest BCUT2D eigenvalue weighted by Gasteiger charge is 2.53. The van der Waals surface area contributed by atoms with E-state index < -0.39 is 11.1 Å². The van der Waals surface area contributed by atoms with Crippen molar-refractivity contribution < 1.29 is 14.3 Å². The van der Waals surface area contributed by atoms with E-state index in [2.05, 4.69) is 5.32 Å². The summed E-state index contributed by atoms with van der Waals surface area (Å²) in [7, 11) is 0. The molecule has 2 fully saturated rings. The van der Waals surface area contributed by atoms with Crippen LogP contribution in [0.1, 0.15) is 27.2 Å². The molecule has 0 aliphatic carbocycles. The van der Waals surface area contributed by atoms with Crippen molar-refractivity contribution in [2.75, 3.05) is 19.6 Å². The van der Waals surface area contributed by atoms with Crippen molar-refractivity contribution >= 4 is 11.9 Å². The molecule has 0 aromatic carbocycles. The van der Waals surface area contributed by atoms with E-state index in [1.54, 1.807) is 4.90 Å². The van der Waals surface area contributed by atoms with Crippen LogP contribution in [0.25, 0.3) is 0 Å². The first kappa shape index (κ1) is 11.4. The maximum atomic E-state index is 11.7. The maximum absolute atomic E-state index is 11.7. The highest BCUT2D eigenvalue weighted by Crippen LogP contribution is 2.28. The number of carbonyl (C=O) groups is 2. The molecule has 0 unspecified atom stereocenters. The second-order valence-corrected chi connectivity index (χ2v) is 5.52. The highest BCUT2D eigenvalue weighted by atomic mass is 16.6. The smallest absolute Gasteiger partial charge is 0.410 e. The minimum atomic E-state index is -0.479. The van der Waals surface area contributed by atoms with Crippen molar-refractivity contribution in [3.8, 4) is 0 Å². The number of Topliss-reactive ketones (excluding diaryl/α,β-unsaturated/α-hetero) is 1. The minimum Gasteiger partial charge on any atom is -0.444 e. The molecule has 0 atom stereocenters. The number of hydrogen-bond acceptors (Lipinski definition) is 4. The average Bonchev–Trinajstić information content (AvgIpc) is 2.40. The number of nitrogens with one attached hydrogen (secondary N) is 1. The normalized spacial score (nSPS) is 23.4. The Morgan fingerprint density at radius 2 is 2.06 bits per heavy atom. The Labute approximate surface area is 95.1 Å². The fraction of sp³-hybridized carbons (Fsp3) is 0.818. The Morgan fingerprint density at radius 3 is 2.50 bits per heavy atom. The molecule has 0 aromatic rings. The quantitative estimate of drug-likeness (QED) is 0.655. The lowest BCUT2D eigenvalue weighted by Crippen LogP contribution is -2.71. The van der Waals surface area contributed by atoms with Crippen molar-refractivity contribution in [1.29, 1.82) is 0 Å². The molecule has 2 heterocycles. The summed E-state index contributed by atoms with van der Waals surface area (Å²) in [4.78, 5) is 24.8. The molecule has 0 bridgehead atoms. The largest absolute Gasteiger partial charge is 0.444 e. The topological polar surface area (TPSA) is 58.6 Å². The van der Waals surface area contributed by atoms with Gasteiger partial charge < -0.3 is 15.0 Å². The van der Waals surface area contributed by atoms with Gasteiger partial charge in [-0.15, -0.1) is 0 Å². The maximum Gasteiger partial charge on any atom is 0.410 e. The van der Waals surface area contributed by atoms with Crippen molar-refractivity contribution in [2.45, 2.75) is 38.3 Å². The second-order valence-electron chi connectivity index (χ2n) is 5.52. The van der Waals surface area contributed by atoms with Gasteiger partial charge in [-0.25, -0.2) is 4.79 Å². The van der Waals surface area contributed by atoms with Gasteiger partial charge in [0.1, 0.15) is 11.1 Å². The number of rotatable bonds is 0. The van der Waals surface area contributed by atoms with E-state index >= 15 is 0 Å². The van der Waals surface area contributed by atoms with Crippen molar-refractivity contribution in [3.63, 3.8) is 0 Å². The molecule has 5 heteroatoms. The highest BCUT2D eigenvalue weighted by molar-refractivity contribution is 5.93. The van der Waals surface area contributed by atoms with Crippen molar-refractivity contribution in [1.82, 2.24) is 10.2 Å². The van der Waals surface area contributed by atoms with Gasteiger partial charge in [-0.1, -0.05) is 0 Å². The number of hydrogen-bond donors (Lipinski definition) is 1. The molecule has 1 amide bonds. The molecule has 0 radical (unpaired) electrons. The molecule has 2 aliphatic rings. The molecule has 16 heavy (non-hydrogen) atoms. The van der Waals surface area contributed by atoms with Gasteiger partial charge in [0.25, 0.3) is 0 Å². The van der Waals surface area contributed by atoms with Crippen LogP contribution in [-0.4, -0.2) is 47.6 Å². The molecule has 0 saturated carbocycles. The number of likely N-dealkylation sites (tertiary alicyclic amines) is 1. The van der Waals surface area contributed by atoms with Gasteiger partial charge in [0, 0.05) is 13.0 Å².